The molecule has 0 aliphatic heterocycles. The lowest BCUT2D eigenvalue weighted by Crippen LogP contribution is -1.98. The highest BCUT2D eigenvalue weighted by atomic mass is 127. The van der Waals surface area contributed by atoms with E-state index in [9.17, 15) is 0 Å². The fraction of sp³-hybridized carbons (Fsp3) is 0. The van der Waals surface area contributed by atoms with Gasteiger partial charge in [0.2, 0.25) is 0 Å². The molecule has 0 saturated heterocycles. The first-order valence-corrected chi connectivity index (χ1v) is 6.51. The Morgan fingerprint density at radius 2 is 2.06 bits per heavy atom. The second-order valence-corrected chi connectivity index (χ2v) is 5.14. The normalized spacial score (nSPS) is 9.71. The van der Waals surface area contributed by atoms with Crippen molar-refractivity contribution >= 4 is 50.0 Å². The molecule has 0 bridgehead atoms. The molecule has 0 atom stereocenters. The SMILES string of the molecule is N#Cc1nccnc1Nc1ccc(I)c(Br)c1. The first-order chi connectivity index (χ1) is 8.20. The van der Waals surface area contributed by atoms with E-state index in [0.29, 0.717) is 5.82 Å². The molecule has 0 saturated carbocycles. The smallest absolute Gasteiger partial charge is 0.183 e. The number of anilines is 2. The van der Waals surface area contributed by atoms with Crippen LogP contribution in [0.25, 0.3) is 0 Å². The Balaban J connectivity index is 2.32. The summed E-state index contributed by atoms with van der Waals surface area (Å²) in [6.07, 6.45) is 3.04. The molecular formula is C11H6BrIN4. The monoisotopic (exact) mass is 400 g/mol. The van der Waals surface area contributed by atoms with Crippen molar-refractivity contribution in [2.75, 3.05) is 5.32 Å². The van der Waals surface area contributed by atoms with Crippen LogP contribution in [0.2, 0.25) is 0 Å². The van der Waals surface area contributed by atoms with E-state index in [2.05, 4.69) is 53.8 Å². The van der Waals surface area contributed by atoms with E-state index in [1.54, 1.807) is 6.20 Å². The van der Waals surface area contributed by atoms with Gasteiger partial charge >= 0.3 is 0 Å². The van der Waals surface area contributed by atoms with Crippen molar-refractivity contribution in [2.45, 2.75) is 0 Å². The predicted molar refractivity (Wildman–Crippen MR) is 76.9 cm³/mol. The number of nitriles is 1. The van der Waals surface area contributed by atoms with Gasteiger partial charge in [0, 0.05) is 26.1 Å². The number of aromatic nitrogens is 2. The Labute approximate surface area is 120 Å². The summed E-state index contributed by atoms with van der Waals surface area (Å²) in [5.74, 6) is 0.461. The van der Waals surface area contributed by atoms with E-state index in [0.717, 1.165) is 13.7 Å². The first kappa shape index (κ1) is 12.3. The van der Waals surface area contributed by atoms with E-state index >= 15 is 0 Å². The van der Waals surface area contributed by atoms with Gasteiger partial charge in [-0.3, -0.25) is 0 Å². The average Bonchev–Trinajstić information content (AvgIpc) is 2.34. The van der Waals surface area contributed by atoms with Crippen LogP contribution in [0.3, 0.4) is 0 Å². The van der Waals surface area contributed by atoms with E-state index < -0.39 is 0 Å². The highest BCUT2D eigenvalue weighted by molar-refractivity contribution is 14.1. The molecule has 2 rings (SSSR count). The summed E-state index contributed by atoms with van der Waals surface area (Å²) in [5.41, 5.74) is 1.14. The van der Waals surface area contributed by atoms with Crippen LogP contribution in [-0.4, -0.2) is 9.97 Å². The van der Waals surface area contributed by atoms with E-state index in [1.165, 1.54) is 6.20 Å². The quantitative estimate of drug-likeness (QED) is 0.784. The molecule has 0 fully saturated rings. The Morgan fingerprint density at radius 1 is 1.29 bits per heavy atom. The zero-order valence-electron chi connectivity index (χ0n) is 8.48. The van der Waals surface area contributed by atoms with Gasteiger partial charge in [-0.25, -0.2) is 9.97 Å². The molecule has 1 N–H and O–H groups in total. The number of rotatable bonds is 2. The Kier molecular flexibility index (Phi) is 3.91. The van der Waals surface area contributed by atoms with Gasteiger partial charge in [-0.1, -0.05) is 0 Å². The molecule has 0 spiro atoms. The second-order valence-electron chi connectivity index (χ2n) is 3.12. The van der Waals surface area contributed by atoms with E-state index in [-0.39, 0.29) is 5.69 Å². The van der Waals surface area contributed by atoms with E-state index in [4.69, 9.17) is 5.26 Å². The van der Waals surface area contributed by atoms with Crippen LogP contribution < -0.4 is 5.32 Å². The van der Waals surface area contributed by atoms with Crippen LogP contribution in [0, 0.1) is 14.9 Å². The Bertz CT molecular complexity index is 594. The lowest BCUT2D eigenvalue weighted by Gasteiger charge is -2.07. The third-order valence-electron chi connectivity index (χ3n) is 1.99. The van der Waals surface area contributed by atoms with Crippen molar-refractivity contribution in [2.24, 2.45) is 0 Å². The van der Waals surface area contributed by atoms with Gasteiger partial charge < -0.3 is 5.32 Å². The molecule has 84 valence electrons. The molecule has 2 aromatic rings. The molecule has 0 aliphatic rings. The molecule has 0 amide bonds. The lowest BCUT2D eigenvalue weighted by molar-refractivity contribution is 1.16. The fourth-order valence-electron chi connectivity index (χ4n) is 1.22. The van der Waals surface area contributed by atoms with E-state index in [1.807, 2.05) is 24.3 Å². The lowest BCUT2D eigenvalue weighted by atomic mass is 10.3. The molecule has 6 heteroatoms. The van der Waals surface area contributed by atoms with Gasteiger partial charge in [-0.05, 0) is 56.7 Å². The molecule has 17 heavy (non-hydrogen) atoms. The molecule has 1 aromatic heterocycles. The number of nitrogens with zero attached hydrogens (tertiary/aromatic N) is 3. The Hall–Kier alpha value is -1.20. The van der Waals surface area contributed by atoms with Gasteiger partial charge in [-0.2, -0.15) is 5.26 Å². The fourth-order valence-corrected chi connectivity index (χ4v) is 1.94. The summed E-state index contributed by atoms with van der Waals surface area (Å²) in [7, 11) is 0. The van der Waals surface area contributed by atoms with Crippen LogP contribution in [0.15, 0.2) is 35.1 Å². The summed E-state index contributed by atoms with van der Waals surface area (Å²) in [5, 5.41) is 12.0. The van der Waals surface area contributed by atoms with Crippen LogP contribution in [0.1, 0.15) is 5.69 Å². The van der Waals surface area contributed by atoms with Crippen molar-refractivity contribution in [1.82, 2.24) is 9.97 Å². The van der Waals surface area contributed by atoms with Gasteiger partial charge in [0.05, 0.1) is 0 Å². The van der Waals surface area contributed by atoms with Crippen molar-refractivity contribution < 1.29 is 0 Å². The second kappa shape index (κ2) is 5.42. The maximum Gasteiger partial charge on any atom is 0.183 e. The van der Waals surface area contributed by atoms with Crippen LogP contribution in [0.4, 0.5) is 11.5 Å². The average molecular weight is 401 g/mol. The predicted octanol–water partition coefficient (Wildman–Crippen LogP) is 3.46. The molecule has 0 unspecified atom stereocenters. The number of hydrogen-bond donors (Lipinski definition) is 1. The summed E-state index contributed by atoms with van der Waals surface area (Å²) >= 11 is 5.68. The van der Waals surface area contributed by atoms with Crippen LogP contribution in [0.5, 0.6) is 0 Å². The van der Waals surface area contributed by atoms with Gasteiger partial charge in [-0.15, -0.1) is 0 Å². The minimum Gasteiger partial charge on any atom is -0.338 e. The molecular weight excluding hydrogens is 395 g/mol. The largest absolute Gasteiger partial charge is 0.338 e. The maximum atomic E-state index is 8.89. The summed E-state index contributed by atoms with van der Waals surface area (Å²) in [4.78, 5) is 8.02. The van der Waals surface area contributed by atoms with Crippen molar-refractivity contribution in [3.8, 4) is 6.07 Å². The molecule has 1 aromatic carbocycles. The van der Waals surface area contributed by atoms with Gasteiger partial charge in [0.15, 0.2) is 11.5 Å². The third kappa shape index (κ3) is 2.92. The van der Waals surface area contributed by atoms with Crippen molar-refractivity contribution in [3.05, 3.63) is 44.3 Å². The standard InChI is InChI=1S/C11H6BrIN4/c12-8-5-7(1-2-9(8)13)17-11-10(6-14)15-3-4-16-11/h1-5H,(H,16,17). The first-order valence-electron chi connectivity index (χ1n) is 4.64. The topological polar surface area (TPSA) is 61.6 Å². The molecule has 4 nitrogen and oxygen atoms in total. The van der Waals surface area contributed by atoms with Crippen molar-refractivity contribution in [1.29, 1.82) is 5.26 Å². The summed E-state index contributed by atoms with van der Waals surface area (Å²) in [6.45, 7) is 0. The van der Waals surface area contributed by atoms with Crippen LogP contribution >= 0.6 is 38.5 Å². The third-order valence-corrected chi connectivity index (χ3v) is 4.32. The number of benzene rings is 1. The maximum absolute atomic E-state index is 8.89. The molecule has 1 heterocycles. The highest BCUT2D eigenvalue weighted by Crippen LogP contribution is 2.25. The van der Waals surface area contributed by atoms with Gasteiger partial charge in [0.25, 0.3) is 0 Å². The van der Waals surface area contributed by atoms with Crippen molar-refractivity contribution in [3.63, 3.8) is 0 Å². The number of halogens is 2. The Morgan fingerprint density at radius 3 is 2.76 bits per heavy atom. The number of hydrogen-bond acceptors (Lipinski definition) is 4. The zero-order valence-corrected chi connectivity index (χ0v) is 12.2. The summed E-state index contributed by atoms with van der Waals surface area (Å²) < 4.78 is 2.11. The minimum absolute atomic E-state index is 0.280. The zero-order chi connectivity index (χ0) is 12.3. The number of nitrogens with one attached hydrogen (secondary N) is 1. The summed E-state index contributed by atoms with van der Waals surface area (Å²) in [6, 6.07) is 7.81. The minimum atomic E-state index is 0.280. The van der Waals surface area contributed by atoms with Crippen LogP contribution in [-0.2, 0) is 0 Å². The molecule has 0 radical (unpaired) electrons. The highest BCUT2D eigenvalue weighted by Gasteiger charge is 2.05. The molecule has 0 aliphatic carbocycles. The van der Waals surface area contributed by atoms with Gasteiger partial charge in [0.1, 0.15) is 6.07 Å².